The summed E-state index contributed by atoms with van der Waals surface area (Å²) in [6, 6.07) is 11.6. The molecule has 4 nitrogen and oxygen atoms in total. The molecule has 1 heterocycles. The molecule has 0 saturated heterocycles. The number of nitrogens with one attached hydrogen (secondary N) is 1. The van der Waals surface area contributed by atoms with E-state index >= 15 is 0 Å². The summed E-state index contributed by atoms with van der Waals surface area (Å²) in [6.07, 6.45) is 1.44. The fraction of sp³-hybridized carbons (Fsp3) is 0.375. The minimum absolute atomic E-state index is 0. The van der Waals surface area contributed by atoms with E-state index in [0.29, 0.717) is 12.4 Å². The molecule has 1 aromatic carbocycles. The van der Waals surface area contributed by atoms with E-state index in [1.54, 1.807) is 0 Å². The number of fused-ring (bicyclic) bond motifs is 1. The van der Waals surface area contributed by atoms with Gasteiger partial charge in [-0.05, 0) is 31.0 Å². The van der Waals surface area contributed by atoms with Gasteiger partial charge in [0.05, 0.1) is 10.9 Å². The Balaban J connectivity index is 0.00000220. The number of nitrogens with two attached hydrogens (primary N) is 1. The van der Waals surface area contributed by atoms with Gasteiger partial charge >= 0.3 is 0 Å². The zero-order valence-electron chi connectivity index (χ0n) is 12.8. The third kappa shape index (κ3) is 4.09. The summed E-state index contributed by atoms with van der Waals surface area (Å²) in [6.45, 7) is 4.33. The van der Waals surface area contributed by atoms with Crippen molar-refractivity contribution < 1.29 is 4.79 Å². The summed E-state index contributed by atoms with van der Waals surface area (Å²) in [4.78, 5) is 16.9. The van der Waals surface area contributed by atoms with Crippen LogP contribution in [-0.2, 0) is 4.79 Å². The van der Waals surface area contributed by atoms with Crippen LogP contribution in [0, 0.1) is 5.41 Å². The average Bonchev–Trinajstić information content (AvgIpc) is 2.49. The van der Waals surface area contributed by atoms with E-state index < -0.39 is 5.41 Å². The molecule has 0 aliphatic rings. The molecule has 0 saturated carbocycles. The van der Waals surface area contributed by atoms with E-state index in [-0.39, 0.29) is 30.7 Å². The first kappa shape index (κ1) is 20.6. The predicted octanol–water partition coefficient (Wildman–Crippen LogP) is 3.78. The van der Waals surface area contributed by atoms with E-state index in [1.165, 1.54) is 0 Å². The number of amides is 1. The van der Waals surface area contributed by atoms with Crippen LogP contribution in [0.4, 0.5) is 5.82 Å². The third-order valence-corrected chi connectivity index (χ3v) is 4.07. The van der Waals surface area contributed by atoms with Crippen molar-refractivity contribution in [3.63, 3.8) is 0 Å². The van der Waals surface area contributed by atoms with Crippen LogP contribution in [0.15, 0.2) is 36.4 Å². The van der Waals surface area contributed by atoms with Gasteiger partial charge in [-0.1, -0.05) is 32.0 Å². The van der Waals surface area contributed by atoms with Gasteiger partial charge in [-0.3, -0.25) is 4.79 Å². The Morgan fingerprint density at radius 2 is 1.77 bits per heavy atom. The molecule has 0 spiro atoms. The predicted molar refractivity (Wildman–Crippen MR) is 96.9 cm³/mol. The van der Waals surface area contributed by atoms with Crippen molar-refractivity contribution in [1.29, 1.82) is 0 Å². The molecular formula is C16H23Cl2N3O. The summed E-state index contributed by atoms with van der Waals surface area (Å²) in [5, 5.41) is 3.95. The summed E-state index contributed by atoms with van der Waals surface area (Å²) in [5.74, 6) is 0.529. The fourth-order valence-corrected chi connectivity index (χ4v) is 2.34. The minimum Gasteiger partial charge on any atom is -0.329 e. The van der Waals surface area contributed by atoms with Crippen LogP contribution in [0.3, 0.4) is 0 Å². The van der Waals surface area contributed by atoms with Crippen LogP contribution in [0.5, 0.6) is 0 Å². The second-order valence-electron chi connectivity index (χ2n) is 5.03. The Bertz CT molecular complexity index is 607. The number of para-hydroxylation sites is 1. The van der Waals surface area contributed by atoms with E-state index in [0.717, 1.165) is 23.7 Å². The summed E-state index contributed by atoms with van der Waals surface area (Å²) < 4.78 is 0. The van der Waals surface area contributed by atoms with Crippen molar-refractivity contribution in [2.45, 2.75) is 26.7 Å². The quantitative estimate of drug-likeness (QED) is 0.867. The maximum atomic E-state index is 12.4. The number of pyridine rings is 1. The van der Waals surface area contributed by atoms with Crippen LogP contribution < -0.4 is 11.1 Å². The van der Waals surface area contributed by atoms with E-state index in [4.69, 9.17) is 5.73 Å². The number of nitrogens with zero attached hydrogens (tertiary/aromatic N) is 1. The number of carbonyl (C=O) groups excluding carboxylic acids is 1. The number of benzene rings is 1. The van der Waals surface area contributed by atoms with Gasteiger partial charge in [0.25, 0.3) is 0 Å². The third-order valence-electron chi connectivity index (χ3n) is 4.07. The van der Waals surface area contributed by atoms with Crippen LogP contribution >= 0.6 is 24.8 Å². The molecule has 122 valence electrons. The first-order chi connectivity index (χ1) is 9.65. The summed E-state index contributed by atoms with van der Waals surface area (Å²) >= 11 is 0. The molecule has 0 unspecified atom stereocenters. The maximum Gasteiger partial charge on any atom is 0.233 e. The molecule has 0 fully saturated rings. The highest BCUT2D eigenvalue weighted by Gasteiger charge is 2.33. The lowest BCUT2D eigenvalue weighted by Crippen LogP contribution is -2.41. The summed E-state index contributed by atoms with van der Waals surface area (Å²) in [7, 11) is 0. The largest absolute Gasteiger partial charge is 0.329 e. The standard InChI is InChI=1S/C16H21N3O.2ClH/c1-3-16(4-2,11-17)15(20)19-14-10-9-12-7-5-6-8-13(12)18-14;;/h5-10H,3-4,11,17H2,1-2H3,(H,18,19,20);2*1H. The minimum atomic E-state index is -0.507. The molecule has 0 radical (unpaired) electrons. The smallest absolute Gasteiger partial charge is 0.233 e. The van der Waals surface area contributed by atoms with Crippen LogP contribution in [0.1, 0.15) is 26.7 Å². The van der Waals surface area contributed by atoms with Gasteiger partial charge in [0.1, 0.15) is 5.82 Å². The van der Waals surface area contributed by atoms with E-state index in [1.807, 2.05) is 50.2 Å². The molecule has 0 atom stereocenters. The van der Waals surface area contributed by atoms with Crippen molar-refractivity contribution >= 4 is 47.4 Å². The average molecular weight is 344 g/mol. The molecule has 3 N–H and O–H groups in total. The first-order valence-corrected chi connectivity index (χ1v) is 7.02. The van der Waals surface area contributed by atoms with Crippen molar-refractivity contribution in [2.24, 2.45) is 11.1 Å². The molecule has 2 rings (SSSR count). The monoisotopic (exact) mass is 343 g/mol. The van der Waals surface area contributed by atoms with Gasteiger partial charge in [0, 0.05) is 11.9 Å². The number of hydrogen-bond acceptors (Lipinski definition) is 3. The number of hydrogen-bond donors (Lipinski definition) is 2. The number of aromatic nitrogens is 1. The van der Waals surface area contributed by atoms with E-state index in [2.05, 4.69) is 10.3 Å². The SMILES string of the molecule is CCC(CC)(CN)C(=O)Nc1ccc2ccccc2n1.Cl.Cl. The Hall–Kier alpha value is -1.36. The maximum absolute atomic E-state index is 12.4. The first-order valence-electron chi connectivity index (χ1n) is 7.02. The number of carbonyl (C=O) groups is 1. The highest BCUT2D eigenvalue weighted by atomic mass is 35.5. The molecule has 22 heavy (non-hydrogen) atoms. The van der Waals surface area contributed by atoms with Gasteiger partial charge in [-0.2, -0.15) is 0 Å². The molecule has 6 heteroatoms. The van der Waals surface area contributed by atoms with Crippen molar-refractivity contribution in [3.05, 3.63) is 36.4 Å². The molecule has 0 aliphatic carbocycles. The lowest BCUT2D eigenvalue weighted by atomic mass is 9.81. The normalized spacial score (nSPS) is 10.5. The molecular weight excluding hydrogens is 321 g/mol. The Morgan fingerprint density at radius 1 is 1.14 bits per heavy atom. The second-order valence-corrected chi connectivity index (χ2v) is 5.03. The molecule has 1 amide bonds. The van der Waals surface area contributed by atoms with Crippen LogP contribution in [0.25, 0.3) is 10.9 Å². The van der Waals surface area contributed by atoms with Gasteiger partial charge in [0.2, 0.25) is 5.91 Å². The highest BCUT2D eigenvalue weighted by molar-refractivity contribution is 5.95. The molecule has 0 aliphatic heterocycles. The number of rotatable bonds is 5. The van der Waals surface area contributed by atoms with Crippen molar-refractivity contribution in [3.8, 4) is 0 Å². The van der Waals surface area contributed by atoms with Gasteiger partial charge in [-0.25, -0.2) is 4.98 Å². The Morgan fingerprint density at radius 3 is 2.36 bits per heavy atom. The summed E-state index contributed by atoms with van der Waals surface area (Å²) in [5.41, 5.74) is 6.16. The highest BCUT2D eigenvalue weighted by Crippen LogP contribution is 2.27. The number of halogens is 2. The fourth-order valence-electron chi connectivity index (χ4n) is 2.34. The molecule has 0 bridgehead atoms. The lowest BCUT2D eigenvalue weighted by molar-refractivity contribution is -0.125. The zero-order valence-corrected chi connectivity index (χ0v) is 14.5. The van der Waals surface area contributed by atoms with E-state index in [9.17, 15) is 4.79 Å². The van der Waals surface area contributed by atoms with Crippen molar-refractivity contribution in [1.82, 2.24) is 4.98 Å². The van der Waals surface area contributed by atoms with Gasteiger partial charge < -0.3 is 11.1 Å². The Labute approximate surface area is 143 Å². The molecule has 2 aromatic rings. The van der Waals surface area contributed by atoms with Gasteiger partial charge in [-0.15, -0.1) is 24.8 Å². The topological polar surface area (TPSA) is 68.0 Å². The second kappa shape index (κ2) is 8.93. The van der Waals surface area contributed by atoms with Crippen LogP contribution in [-0.4, -0.2) is 17.4 Å². The zero-order chi connectivity index (χ0) is 14.6. The number of anilines is 1. The Kier molecular flexibility index (Phi) is 8.38. The lowest BCUT2D eigenvalue weighted by Gasteiger charge is -2.28. The van der Waals surface area contributed by atoms with Crippen LogP contribution in [0.2, 0.25) is 0 Å². The van der Waals surface area contributed by atoms with Crippen molar-refractivity contribution in [2.75, 3.05) is 11.9 Å². The van der Waals surface area contributed by atoms with Gasteiger partial charge in [0.15, 0.2) is 0 Å². The molecule has 1 aromatic heterocycles.